The third-order valence-electron chi connectivity index (χ3n) is 4.54. The Morgan fingerprint density at radius 3 is 2.88 bits per heavy atom. The molecular formula is C18H23FN4O2. The van der Waals surface area contributed by atoms with E-state index in [0.29, 0.717) is 5.92 Å². The number of carbonyl (C=O) groups excluding carboxylic acids is 1. The standard InChI is InChI=1S/C18H23FN4O2/c19-14-6-4-13(5-7-14)16-2-1-3-17(16)22-15-10-21-23(11-15)12-18(25)20-8-9-24/h4-7,10-11,16-17,22,24H,1-3,8-9,12H2,(H,20,25). The van der Waals surface area contributed by atoms with Crippen LogP contribution in [0.1, 0.15) is 30.7 Å². The molecule has 1 saturated carbocycles. The minimum atomic E-state index is -0.216. The molecular weight excluding hydrogens is 323 g/mol. The Bertz CT molecular complexity index is 701. The first-order valence-corrected chi connectivity index (χ1v) is 8.57. The van der Waals surface area contributed by atoms with Crippen LogP contribution in [0.4, 0.5) is 10.1 Å². The van der Waals surface area contributed by atoms with Gasteiger partial charge < -0.3 is 15.7 Å². The van der Waals surface area contributed by atoms with Crippen molar-refractivity contribution in [2.45, 2.75) is 37.8 Å². The molecule has 0 bridgehead atoms. The quantitative estimate of drug-likeness (QED) is 0.715. The predicted molar refractivity (Wildman–Crippen MR) is 92.7 cm³/mol. The van der Waals surface area contributed by atoms with Crippen molar-refractivity contribution in [2.75, 3.05) is 18.5 Å². The largest absolute Gasteiger partial charge is 0.395 e. The van der Waals surface area contributed by atoms with Gasteiger partial charge in [-0.3, -0.25) is 9.48 Å². The number of amides is 1. The van der Waals surface area contributed by atoms with Crippen LogP contribution in [0.25, 0.3) is 0 Å². The highest BCUT2D eigenvalue weighted by Gasteiger charge is 2.28. The summed E-state index contributed by atoms with van der Waals surface area (Å²) in [6.45, 7) is 0.282. The summed E-state index contributed by atoms with van der Waals surface area (Å²) in [7, 11) is 0. The maximum atomic E-state index is 13.1. The molecule has 3 N–H and O–H groups in total. The molecule has 1 aromatic heterocycles. The molecule has 1 aromatic carbocycles. The molecule has 3 rings (SSSR count). The second kappa shape index (κ2) is 8.11. The molecule has 2 unspecified atom stereocenters. The number of aliphatic hydroxyl groups excluding tert-OH is 1. The van der Waals surface area contributed by atoms with E-state index < -0.39 is 0 Å². The van der Waals surface area contributed by atoms with Crippen LogP contribution in [-0.2, 0) is 11.3 Å². The van der Waals surface area contributed by atoms with Gasteiger partial charge in [0.15, 0.2) is 0 Å². The number of aromatic nitrogens is 2. The normalized spacial score (nSPS) is 19.8. The number of nitrogens with one attached hydrogen (secondary N) is 2. The fourth-order valence-electron chi connectivity index (χ4n) is 3.38. The van der Waals surface area contributed by atoms with Crippen LogP contribution in [0.5, 0.6) is 0 Å². The van der Waals surface area contributed by atoms with Gasteiger partial charge in [-0.1, -0.05) is 18.6 Å². The van der Waals surface area contributed by atoms with Crippen LogP contribution in [0.2, 0.25) is 0 Å². The SMILES string of the molecule is O=C(Cn1cc(NC2CCCC2c2ccc(F)cc2)cn1)NCCO. The van der Waals surface area contributed by atoms with Crippen molar-refractivity contribution in [3.63, 3.8) is 0 Å². The van der Waals surface area contributed by atoms with Gasteiger partial charge in [0.1, 0.15) is 12.4 Å². The van der Waals surface area contributed by atoms with Gasteiger partial charge in [0.2, 0.25) is 5.91 Å². The molecule has 2 aromatic rings. The van der Waals surface area contributed by atoms with Gasteiger partial charge in [-0.05, 0) is 30.5 Å². The molecule has 0 radical (unpaired) electrons. The molecule has 7 heteroatoms. The maximum Gasteiger partial charge on any atom is 0.241 e. The van der Waals surface area contributed by atoms with Crippen molar-refractivity contribution in [1.82, 2.24) is 15.1 Å². The van der Waals surface area contributed by atoms with Gasteiger partial charge in [-0.25, -0.2) is 4.39 Å². The lowest BCUT2D eigenvalue weighted by molar-refractivity contribution is -0.122. The number of anilines is 1. The molecule has 1 aliphatic carbocycles. The third-order valence-corrected chi connectivity index (χ3v) is 4.54. The van der Waals surface area contributed by atoms with Gasteiger partial charge in [0.05, 0.1) is 18.5 Å². The molecule has 134 valence electrons. The summed E-state index contributed by atoms with van der Waals surface area (Å²) < 4.78 is 14.7. The maximum absolute atomic E-state index is 13.1. The van der Waals surface area contributed by atoms with Gasteiger partial charge in [0.25, 0.3) is 0 Å². The minimum absolute atomic E-state index is 0.0793. The number of rotatable bonds is 7. The predicted octanol–water partition coefficient (Wildman–Crippen LogP) is 1.88. The molecule has 1 amide bonds. The molecule has 6 nitrogen and oxygen atoms in total. The Hall–Kier alpha value is -2.41. The van der Waals surface area contributed by atoms with Crippen LogP contribution >= 0.6 is 0 Å². The van der Waals surface area contributed by atoms with Crippen molar-refractivity contribution < 1.29 is 14.3 Å². The zero-order valence-corrected chi connectivity index (χ0v) is 14.0. The Balaban J connectivity index is 1.60. The summed E-state index contributed by atoms with van der Waals surface area (Å²) in [6, 6.07) is 7.00. The van der Waals surface area contributed by atoms with E-state index in [1.165, 1.54) is 12.1 Å². The minimum Gasteiger partial charge on any atom is -0.395 e. The van der Waals surface area contributed by atoms with Crippen LogP contribution < -0.4 is 10.6 Å². The number of halogens is 1. The number of hydrogen-bond acceptors (Lipinski definition) is 4. The summed E-state index contributed by atoms with van der Waals surface area (Å²) in [5.74, 6) is -0.0578. The topological polar surface area (TPSA) is 79.2 Å². The zero-order chi connectivity index (χ0) is 17.6. The number of aliphatic hydroxyl groups is 1. The summed E-state index contributed by atoms with van der Waals surface area (Å²) >= 11 is 0. The van der Waals surface area contributed by atoms with E-state index in [1.54, 1.807) is 17.1 Å². The first-order chi connectivity index (χ1) is 12.2. The fraction of sp³-hybridized carbons (Fsp3) is 0.444. The Morgan fingerprint density at radius 1 is 1.32 bits per heavy atom. The van der Waals surface area contributed by atoms with E-state index in [2.05, 4.69) is 15.7 Å². The molecule has 1 aliphatic rings. The zero-order valence-electron chi connectivity index (χ0n) is 14.0. The van der Waals surface area contributed by atoms with Crippen LogP contribution in [0, 0.1) is 5.82 Å². The number of benzene rings is 1. The van der Waals surface area contributed by atoms with Crippen molar-refractivity contribution in [3.05, 3.63) is 48.0 Å². The van der Waals surface area contributed by atoms with Crippen LogP contribution in [0.15, 0.2) is 36.7 Å². The first kappa shape index (κ1) is 17.4. The second-order valence-corrected chi connectivity index (χ2v) is 6.34. The number of carbonyl (C=O) groups is 1. The Morgan fingerprint density at radius 2 is 2.12 bits per heavy atom. The van der Waals surface area contributed by atoms with Crippen molar-refractivity contribution in [2.24, 2.45) is 0 Å². The highest BCUT2D eigenvalue weighted by molar-refractivity contribution is 5.75. The monoisotopic (exact) mass is 346 g/mol. The summed E-state index contributed by atoms with van der Waals surface area (Å²) in [5.41, 5.74) is 2.01. The average Bonchev–Trinajstić information content (AvgIpc) is 3.24. The molecule has 0 saturated heterocycles. The lowest BCUT2D eigenvalue weighted by Gasteiger charge is -2.21. The number of hydrogen-bond donors (Lipinski definition) is 3. The molecule has 0 aliphatic heterocycles. The average molecular weight is 346 g/mol. The van der Waals surface area contributed by atoms with E-state index in [1.807, 2.05) is 12.1 Å². The van der Waals surface area contributed by atoms with Crippen molar-refractivity contribution >= 4 is 11.6 Å². The summed E-state index contributed by atoms with van der Waals surface area (Å²) in [6.07, 6.45) is 6.75. The number of nitrogens with zero attached hydrogens (tertiary/aromatic N) is 2. The van der Waals surface area contributed by atoms with Gasteiger partial charge >= 0.3 is 0 Å². The van der Waals surface area contributed by atoms with Crippen molar-refractivity contribution in [3.8, 4) is 0 Å². The van der Waals surface area contributed by atoms with E-state index in [4.69, 9.17) is 5.11 Å². The van der Waals surface area contributed by atoms with Crippen LogP contribution in [-0.4, -0.2) is 40.0 Å². The second-order valence-electron chi connectivity index (χ2n) is 6.34. The fourth-order valence-corrected chi connectivity index (χ4v) is 3.38. The van der Waals surface area contributed by atoms with Gasteiger partial charge in [0, 0.05) is 24.7 Å². The lowest BCUT2D eigenvalue weighted by Crippen LogP contribution is -2.30. The smallest absolute Gasteiger partial charge is 0.241 e. The summed E-state index contributed by atoms with van der Waals surface area (Å²) in [4.78, 5) is 11.7. The van der Waals surface area contributed by atoms with E-state index in [0.717, 1.165) is 30.5 Å². The van der Waals surface area contributed by atoms with E-state index in [9.17, 15) is 9.18 Å². The lowest BCUT2D eigenvalue weighted by atomic mass is 9.94. The first-order valence-electron chi connectivity index (χ1n) is 8.57. The Labute approximate surface area is 146 Å². The Kier molecular flexibility index (Phi) is 5.65. The summed E-state index contributed by atoms with van der Waals surface area (Å²) in [5, 5.41) is 19.0. The van der Waals surface area contributed by atoms with E-state index >= 15 is 0 Å². The molecule has 1 heterocycles. The van der Waals surface area contributed by atoms with Crippen molar-refractivity contribution in [1.29, 1.82) is 0 Å². The highest BCUT2D eigenvalue weighted by atomic mass is 19.1. The third kappa shape index (κ3) is 4.57. The highest BCUT2D eigenvalue weighted by Crippen LogP contribution is 2.36. The molecule has 25 heavy (non-hydrogen) atoms. The molecule has 0 spiro atoms. The molecule has 2 atom stereocenters. The van der Waals surface area contributed by atoms with E-state index in [-0.39, 0.29) is 37.5 Å². The molecule has 1 fully saturated rings. The van der Waals surface area contributed by atoms with Gasteiger partial charge in [-0.15, -0.1) is 0 Å². The van der Waals surface area contributed by atoms with Gasteiger partial charge in [-0.2, -0.15) is 5.10 Å². The van der Waals surface area contributed by atoms with Crippen LogP contribution in [0.3, 0.4) is 0 Å².